The lowest BCUT2D eigenvalue weighted by atomic mass is 9.99. The van der Waals surface area contributed by atoms with Crippen molar-refractivity contribution < 1.29 is 19.1 Å². The van der Waals surface area contributed by atoms with Gasteiger partial charge in [-0.05, 0) is 82.9 Å². The van der Waals surface area contributed by atoms with Gasteiger partial charge in [-0.25, -0.2) is 9.59 Å². The Bertz CT molecular complexity index is 1790. The van der Waals surface area contributed by atoms with E-state index in [-0.39, 0.29) is 0 Å². The normalized spacial score (nSPS) is 12.8. The maximum Gasteiger partial charge on any atom is 0.417 e. The number of aliphatic imine (C=N–C) groups is 2. The highest BCUT2D eigenvalue weighted by atomic mass is 16.6. The van der Waals surface area contributed by atoms with E-state index in [0.29, 0.717) is 35.7 Å². The molecule has 8 nitrogen and oxygen atoms in total. The van der Waals surface area contributed by atoms with Crippen LogP contribution in [-0.4, -0.2) is 23.6 Å². The van der Waals surface area contributed by atoms with Gasteiger partial charge in [0, 0.05) is 24.2 Å². The topological polar surface area (TPSA) is 101 Å². The highest BCUT2D eigenvalue weighted by Crippen LogP contribution is 2.33. The van der Waals surface area contributed by atoms with Gasteiger partial charge < -0.3 is 9.47 Å². The van der Waals surface area contributed by atoms with E-state index in [4.69, 9.17) is 19.5 Å². The summed E-state index contributed by atoms with van der Waals surface area (Å²) in [5.74, 6) is 0.964. The summed E-state index contributed by atoms with van der Waals surface area (Å²) in [4.78, 5) is 34.3. The van der Waals surface area contributed by atoms with E-state index >= 15 is 0 Å². The number of hydrogen-bond acceptors (Lipinski definition) is 6. The van der Waals surface area contributed by atoms with Gasteiger partial charge in [0.05, 0.1) is 22.8 Å². The third-order valence-corrected chi connectivity index (χ3v) is 7.34. The van der Waals surface area contributed by atoms with Gasteiger partial charge in [-0.2, -0.15) is 0 Å². The maximum absolute atomic E-state index is 12.3. The van der Waals surface area contributed by atoms with Crippen LogP contribution in [0.25, 0.3) is 0 Å². The number of nitrogens with zero attached hydrogens (tertiary/aromatic N) is 2. The molecule has 2 N–H and O–H groups in total. The molecule has 0 saturated heterocycles. The first-order chi connectivity index (χ1) is 21.6. The van der Waals surface area contributed by atoms with Gasteiger partial charge in [0.1, 0.15) is 11.5 Å². The molecule has 0 spiro atoms. The molecule has 214 valence electrons. The van der Waals surface area contributed by atoms with Crippen molar-refractivity contribution in [3.05, 3.63) is 144 Å². The quantitative estimate of drug-likeness (QED) is 0.212. The fourth-order valence-electron chi connectivity index (χ4n) is 5.22. The molecule has 8 heteroatoms. The van der Waals surface area contributed by atoms with Crippen molar-refractivity contribution in [3.63, 3.8) is 0 Å². The summed E-state index contributed by atoms with van der Waals surface area (Å²) in [6.45, 7) is 0. The summed E-state index contributed by atoms with van der Waals surface area (Å²) < 4.78 is 10.7. The predicted octanol–water partition coefficient (Wildman–Crippen LogP) is 8.26. The minimum absolute atomic E-state index is 0.482. The van der Waals surface area contributed by atoms with Crippen molar-refractivity contribution in [2.45, 2.75) is 12.8 Å². The molecule has 2 aliphatic rings. The summed E-state index contributed by atoms with van der Waals surface area (Å²) in [7, 11) is 0. The van der Waals surface area contributed by atoms with Crippen LogP contribution in [-0.2, 0) is 12.8 Å². The first-order valence-electron chi connectivity index (χ1n) is 14.2. The Morgan fingerprint density at radius 2 is 0.932 bits per heavy atom. The van der Waals surface area contributed by atoms with Crippen LogP contribution in [0.15, 0.2) is 131 Å². The fraction of sp³-hybridized carbons (Fsp3) is 0.0556. The van der Waals surface area contributed by atoms with Crippen molar-refractivity contribution in [2.24, 2.45) is 9.98 Å². The van der Waals surface area contributed by atoms with Crippen LogP contribution in [0.2, 0.25) is 0 Å². The van der Waals surface area contributed by atoms with E-state index in [0.717, 1.165) is 45.1 Å². The Balaban J connectivity index is 0.963. The van der Waals surface area contributed by atoms with Gasteiger partial charge in [-0.15, -0.1) is 0 Å². The molecule has 5 aromatic carbocycles. The largest absolute Gasteiger partial charge is 0.417 e. The van der Waals surface area contributed by atoms with Crippen molar-refractivity contribution >= 4 is 46.4 Å². The van der Waals surface area contributed by atoms with Crippen LogP contribution in [0, 0.1) is 0 Å². The molecule has 2 amide bonds. The van der Waals surface area contributed by atoms with Crippen LogP contribution in [0.5, 0.6) is 11.5 Å². The average molecular weight is 579 g/mol. The minimum atomic E-state index is -0.541. The molecule has 0 aliphatic carbocycles. The molecule has 0 aromatic heterocycles. The minimum Gasteiger partial charge on any atom is -0.410 e. The zero-order valence-corrected chi connectivity index (χ0v) is 23.5. The first kappa shape index (κ1) is 26.9. The molecule has 2 heterocycles. The van der Waals surface area contributed by atoms with Crippen molar-refractivity contribution in [3.8, 4) is 11.5 Å². The SMILES string of the molecule is O=C(Nc1ccc2c(c1)CC(c1ccc(C3=Nc4ccc(NC(=O)Oc5ccccc5)cc4C3)cc1)=N2)Oc1ccccc1. The summed E-state index contributed by atoms with van der Waals surface area (Å²) in [6.07, 6.45) is 0.237. The van der Waals surface area contributed by atoms with E-state index in [1.807, 2.05) is 72.8 Å². The van der Waals surface area contributed by atoms with E-state index in [9.17, 15) is 9.59 Å². The molecule has 0 saturated carbocycles. The molecular formula is C36H26N4O4. The second-order valence-corrected chi connectivity index (χ2v) is 10.4. The number of carbonyl (C=O) groups is 2. The molecule has 44 heavy (non-hydrogen) atoms. The standard InChI is InChI=1S/C36H26N4O4/c41-35(43-29-7-3-1-4-8-29)37-27-15-17-31-25(19-27)21-33(39-31)23-11-13-24(14-12-23)34-22-26-20-28(16-18-32(26)40-34)38-36(42)44-30-9-5-2-6-10-30/h1-20H,21-22H2,(H,37,41)(H,38,42). The number of rotatable bonds is 6. The van der Waals surface area contributed by atoms with E-state index in [2.05, 4.69) is 34.9 Å². The van der Waals surface area contributed by atoms with E-state index < -0.39 is 12.2 Å². The number of amides is 2. The van der Waals surface area contributed by atoms with Crippen molar-refractivity contribution in [2.75, 3.05) is 10.6 Å². The second-order valence-electron chi connectivity index (χ2n) is 10.4. The summed E-state index contributed by atoms with van der Waals surface area (Å²) >= 11 is 0. The Hall–Kier alpha value is -6.02. The molecule has 0 bridgehead atoms. The first-order valence-corrected chi connectivity index (χ1v) is 14.2. The molecule has 0 unspecified atom stereocenters. The van der Waals surface area contributed by atoms with Gasteiger partial charge in [0.25, 0.3) is 0 Å². The highest BCUT2D eigenvalue weighted by molar-refractivity contribution is 6.09. The number of para-hydroxylation sites is 2. The van der Waals surface area contributed by atoms with Crippen LogP contribution < -0.4 is 20.1 Å². The summed E-state index contributed by atoms with van der Waals surface area (Å²) in [5, 5.41) is 5.58. The van der Waals surface area contributed by atoms with Crippen LogP contribution in [0.3, 0.4) is 0 Å². The third-order valence-electron chi connectivity index (χ3n) is 7.34. The third kappa shape index (κ3) is 5.96. The number of nitrogens with one attached hydrogen (secondary N) is 2. The Morgan fingerprint density at radius 1 is 0.523 bits per heavy atom. The lowest BCUT2D eigenvalue weighted by molar-refractivity contribution is 0.214. The lowest BCUT2D eigenvalue weighted by Gasteiger charge is -2.08. The zero-order valence-electron chi connectivity index (χ0n) is 23.5. The number of carbonyl (C=O) groups excluding carboxylic acids is 2. The fourth-order valence-corrected chi connectivity index (χ4v) is 5.22. The molecule has 7 rings (SSSR count). The zero-order chi connectivity index (χ0) is 29.9. The van der Waals surface area contributed by atoms with Crippen molar-refractivity contribution in [1.82, 2.24) is 0 Å². The Kier molecular flexibility index (Phi) is 7.14. The maximum atomic E-state index is 12.3. The molecular weight excluding hydrogens is 552 g/mol. The molecule has 5 aromatic rings. The number of fused-ring (bicyclic) bond motifs is 2. The smallest absolute Gasteiger partial charge is 0.410 e. The van der Waals surface area contributed by atoms with Gasteiger partial charge >= 0.3 is 12.2 Å². The second kappa shape index (κ2) is 11.7. The van der Waals surface area contributed by atoms with Gasteiger partial charge in [0.15, 0.2) is 0 Å². The van der Waals surface area contributed by atoms with E-state index in [1.54, 1.807) is 24.3 Å². The monoisotopic (exact) mass is 578 g/mol. The van der Waals surface area contributed by atoms with Crippen LogP contribution >= 0.6 is 0 Å². The van der Waals surface area contributed by atoms with Crippen LogP contribution in [0.1, 0.15) is 22.3 Å². The molecule has 0 radical (unpaired) electrons. The molecule has 0 fully saturated rings. The van der Waals surface area contributed by atoms with E-state index in [1.165, 1.54) is 0 Å². The van der Waals surface area contributed by atoms with Gasteiger partial charge in [-0.1, -0.05) is 60.7 Å². The Labute approximate surface area is 253 Å². The van der Waals surface area contributed by atoms with Gasteiger partial charge in [-0.3, -0.25) is 20.6 Å². The average Bonchev–Trinajstić information content (AvgIpc) is 3.66. The molecule has 2 aliphatic heterocycles. The lowest BCUT2D eigenvalue weighted by Crippen LogP contribution is -2.16. The number of benzene rings is 5. The van der Waals surface area contributed by atoms with Crippen molar-refractivity contribution in [1.29, 1.82) is 0 Å². The summed E-state index contributed by atoms with van der Waals surface area (Å²) in [5.41, 5.74) is 9.14. The number of anilines is 2. The number of ether oxygens (including phenoxy) is 2. The summed E-state index contributed by atoms with van der Waals surface area (Å²) in [6, 6.07) is 37.5. The van der Waals surface area contributed by atoms with Gasteiger partial charge in [0.2, 0.25) is 0 Å². The van der Waals surface area contributed by atoms with Crippen LogP contribution in [0.4, 0.5) is 32.3 Å². The molecule has 0 atom stereocenters. The Morgan fingerprint density at radius 3 is 1.34 bits per heavy atom. The number of hydrogen-bond donors (Lipinski definition) is 2. The highest BCUT2D eigenvalue weighted by Gasteiger charge is 2.20. The predicted molar refractivity (Wildman–Crippen MR) is 171 cm³/mol.